The van der Waals surface area contributed by atoms with E-state index in [-0.39, 0.29) is 28.2 Å². The first-order valence-electron chi connectivity index (χ1n) is 10.8. The van der Waals surface area contributed by atoms with Gasteiger partial charge in [-0.05, 0) is 29.2 Å². The van der Waals surface area contributed by atoms with Gasteiger partial charge in [0.2, 0.25) is 5.16 Å². The zero-order valence-corrected chi connectivity index (χ0v) is 21.6. The number of hydrogen-bond donors (Lipinski definition) is 1. The molecule has 1 aliphatic rings. The highest BCUT2D eigenvalue weighted by Crippen LogP contribution is 2.34. The first-order valence-corrected chi connectivity index (χ1v) is 12.7. The van der Waals surface area contributed by atoms with Gasteiger partial charge in [-0.15, -0.1) is 0 Å². The predicted octanol–water partition coefficient (Wildman–Crippen LogP) is 4.39. The third-order valence-electron chi connectivity index (χ3n) is 5.60. The van der Waals surface area contributed by atoms with Crippen molar-refractivity contribution in [3.05, 3.63) is 64.6 Å². The van der Waals surface area contributed by atoms with Crippen LogP contribution in [0.4, 0.5) is 22.0 Å². The third-order valence-corrected chi connectivity index (χ3v) is 6.60. The Labute approximate surface area is 211 Å². The van der Waals surface area contributed by atoms with Crippen molar-refractivity contribution in [1.82, 2.24) is 15.0 Å². The summed E-state index contributed by atoms with van der Waals surface area (Å²) in [5, 5.41) is 3.09. The van der Waals surface area contributed by atoms with Gasteiger partial charge in [-0.2, -0.15) is 0 Å². The average Bonchev–Trinajstić information content (AvgIpc) is 2.82. The van der Waals surface area contributed by atoms with Crippen LogP contribution in [0.25, 0.3) is 0 Å². The van der Waals surface area contributed by atoms with Crippen LogP contribution in [0.3, 0.4) is 0 Å². The highest BCUT2D eigenvalue weighted by Gasteiger charge is 2.32. The Kier molecular flexibility index (Phi) is 6.61. The van der Waals surface area contributed by atoms with Gasteiger partial charge in [0, 0.05) is 30.6 Å². The SMILES string of the molecule is CN1C(=O)N(c2cc(NC(=O)c3cccc(C(C)(C)C)c3)cnc2Cl)Cc2cnc(S(C)=O)nc21. The maximum absolute atomic E-state index is 13.2. The molecule has 0 fully saturated rings. The molecule has 1 aliphatic heterocycles. The van der Waals surface area contributed by atoms with Crippen molar-refractivity contribution in [2.45, 2.75) is 37.9 Å². The maximum Gasteiger partial charge on any atom is 0.330 e. The smallest absolute Gasteiger partial charge is 0.321 e. The molecule has 0 saturated heterocycles. The molecule has 9 nitrogen and oxygen atoms in total. The Balaban J connectivity index is 1.62. The van der Waals surface area contributed by atoms with Gasteiger partial charge >= 0.3 is 6.03 Å². The van der Waals surface area contributed by atoms with Gasteiger partial charge in [-0.1, -0.05) is 44.5 Å². The Morgan fingerprint density at radius 3 is 2.60 bits per heavy atom. The number of aromatic nitrogens is 3. The number of pyridine rings is 1. The maximum atomic E-state index is 13.2. The molecule has 0 saturated carbocycles. The number of carbonyl (C=O) groups excluding carboxylic acids is 2. The van der Waals surface area contributed by atoms with E-state index in [4.69, 9.17) is 11.6 Å². The molecule has 0 spiro atoms. The predicted molar refractivity (Wildman–Crippen MR) is 137 cm³/mol. The van der Waals surface area contributed by atoms with Crippen LogP contribution in [0.5, 0.6) is 0 Å². The zero-order chi connectivity index (χ0) is 25.5. The van der Waals surface area contributed by atoms with Crippen molar-refractivity contribution in [2.75, 3.05) is 28.4 Å². The van der Waals surface area contributed by atoms with Crippen LogP contribution in [0.1, 0.15) is 42.3 Å². The molecule has 3 amide bonds. The third kappa shape index (κ3) is 5.03. The lowest BCUT2D eigenvalue weighted by Gasteiger charge is -2.34. The fraction of sp³-hybridized carbons (Fsp3) is 0.292. The highest BCUT2D eigenvalue weighted by atomic mass is 35.5. The molecule has 1 unspecified atom stereocenters. The van der Waals surface area contributed by atoms with Gasteiger partial charge in [0.15, 0.2) is 5.15 Å². The summed E-state index contributed by atoms with van der Waals surface area (Å²) in [4.78, 5) is 41.4. The van der Waals surface area contributed by atoms with Crippen LogP contribution in [0.2, 0.25) is 5.15 Å². The van der Waals surface area contributed by atoms with Crippen LogP contribution in [-0.4, -0.2) is 44.4 Å². The Hall–Kier alpha value is -3.37. The molecule has 1 aromatic carbocycles. The number of carbonyl (C=O) groups is 2. The lowest BCUT2D eigenvalue weighted by molar-refractivity contribution is 0.102. The fourth-order valence-corrected chi connectivity index (χ4v) is 4.27. The van der Waals surface area contributed by atoms with E-state index in [1.807, 2.05) is 18.2 Å². The number of halogens is 1. The molecule has 3 heterocycles. The summed E-state index contributed by atoms with van der Waals surface area (Å²) in [6.45, 7) is 6.38. The van der Waals surface area contributed by atoms with E-state index in [1.54, 1.807) is 25.4 Å². The lowest BCUT2D eigenvalue weighted by Crippen LogP contribution is -2.46. The van der Waals surface area contributed by atoms with Crippen LogP contribution >= 0.6 is 11.6 Å². The number of rotatable bonds is 4. The van der Waals surface area contributed by atoms with E-state index in [2.05, 4.69) is 41.0 Å². The first kappa shape index (κ1) is 24.7. The molecule has 35 heavy (non-hydrogen) atoms. The van der Waals surface area contributed by atoms with Gasteiger partial charge in [0.1, 0.15) is 5.82 Å². The molecular formula is C24H25ClN6O3S. The first-order chi connectivity index (χ1) is 16.5. The molecule has 182 valence electrons. The number of benzene rings is 1. The molecule has 0 radical (unpaired) electrons. The minimum atomic E-state index is -1.38. The summed E-state index contributed by atoms with van der Waals surface area (Å²) in [6, 6.07) is 8.65. The molecule has 0 aliphatic carbocycles. The van der Waals surface area contributed by atoms with Crippen LogP contribution < -0.4 is 15.1 Å². The summed E-state index contributed by atoms with van der Waals surface area (Å²) in [7, 11) is 0.189. The number of nitrogens with one attached hydrogen (secondary N) is 1. The minimum absolute atomic E-state index is 0.0983. The normalized spacial score (nSPS) is 14.5. The molecule has 1 N–H and O–H groups in total. The summed E-state index contributed by atoms with van der Waals surface area (Å²) in [5.41, 5.74) is 2.84. The molecule has 4 rings (SSSR count). The van der Waals surface area contributed by atoms with Gasteiger partial charge in [-0.3, -0.25) is 18.8 Å². The van der Waals surface area contributed by atoms with Gasteiger partial charge < -0.3 is 5.32 Å². The van der Waals surface area contributed by atoms with E-state index in [9.17, 15) is 13.8 Å². The number of fused-ring (bicyclic) bond motifs is 1. The Morgan fingerprint density at radius 1 is 1.17 bits per heavy atom. The second-order valence-corrected chi connectivity index (χ2v) is 10.8. The second kappa shape index (κ2) is 9.35. The number of hydrogen-bond acceptors (Lipinski definition) is 6. The minimum Gasteiger partial charge on any atom is -0.321 e. The average molecular weight is 513 g/mol. The van der Waals surface area contributed by atoms with E-state index in [0.29, 0.717) is 28.3 Å². The molecule has 2 aromatic heterocycles. The van der Waals surface area contributed by atoms with E-state index in [0.717, 1.165) is 5.56 Å². The van der Waals surface area contributed by atoms with Crippen molar-refractivity contribution < 1.29 is 13.8 Å². The Morgan fingerprint density at radius 2 is 1.91 bits per heavy atom. The van der Waals surface area contributed by atoms with Crippen molar-refractivity contribution in [3.63, 3.8) is 0 Å². The monoisotopic (exact) mass is 512 g/mol. The lowest BCUT2D eigenvalue weighted by atomic mass is 9.86. The van der Waals surface area contributed by atoms with Crippen molar-refractivity contribution in [2.24, 2.45) is 0 Å². The molecular weight excluding hydrogens is 488 g/mol. The van der Waals surface area contributed by atoms with Crippen molar-refractivity contribution in [1.29, 1.82) is 0 Å². The van der Waals surface area contributed by atoms with Gasteiger partial charge in [0.25, 0.3) is 5.91 Å². The largest absolute Gasteiger partial charge is 0.330 e. The second-order valence-electron chi connectivity index (χ2n) is 9.20. The molecule has 3 aromatic rings. The summed E-state index contributed by atoms with van der Waals surface area (Å²) >= 11 is 6.35. The van der Waals surface area contributed by atoms with E-state index >= 15 is 0 Å². The summed E-state index contributed by atoms with van der Waals surface area (Å²) in [5.74, 6) is 0.0887. The topological polar surface area (TPSA) is 108 Å². The van der Waals surface area contributed by atoms with Crippen LogP contribution in [0, 0.1) is 0 Å². The van der Waals surface area contributed by atoms with Crippen LogP contribution in [-0.2, 0) is 22.8 Å². The van der Waals surface area contributed by atoms with Crippen molar-refractivity contribution >= 4 is 51.5 Å². The van der Waals surface area contributed by atoms with E-state index in [1.165, 1.54) is 22.3 Å². The highest BCUT2D eigenvalue weighted by molar-refractivity contribution is 7.84. The standard InChI is InChI=1S/C24H25ClN6O3S/c1-24(2,3)16-8-6-7-14(9-16)21(32)28-17-10-18(19(25)26-12-17)31-13-15-11-27-22(35(5)34)29-20(15)30(4)23(31)33/h6-12H,13H2,1-5H3,(H,28,32). The number of amides is 3. The molecule has 1 atom stereocenters. The quantitative estimate of drug-likeness (QED) is 0.410. The van der Waals surface area contributed by atoms with Crippen LogP contribution in [0.15, 0.2) is 47.9 Å². The number of urea groups is 1. The van der Waals surface area contributed by atoms with Gasteiger partial charge in [0.05, 0.1) is 34.9 Å². The van der Waals surface area contributed by atoms with Gasteiger partial charge in [-0.25, -0.2) is 19.7 Å². The summed E-state index contributed by atoms with van der Waals surface area (Å²) < 4.78 is 11.8. The molecule has 0 bridgehead atoms. The zero-order valence-electron chi connectivity index (χ0n) is 20.0. The Bertz CT molecular complexity index is 1360. The fourth-order valence-electron chi connectivity index (χ4n) is 3.64. The number of nitrogens with zero attached hydrogens (tertiary/aromatic N) is 5. The van der Waals surface area contributed by atoms with E-state index < -0.39 is 16.8 Å². The summed E-state index contributed by atoms with van der Waals surface area (Å²) in [6.07, 6.45) is 4.46. The number of anilines is 3. The van der Waals surface area contributed by atoms with Crippen molar-refractivity contribution in [3.8, 4) is 0 Å². The molecule has 11 heteroatoms.